The number of anilines is 1. The Morgan fingerprint density at radius 3 is 3.00 bits per heavy atom. The Bertz CT molecular complexity index is 863. The van der Waals surface area contributed by atoms with Crippen LogP contribution in [-0.2, 0) is 9.59 Å². The predicted molar refractivity (Wildman–Crippen MR) is 98.5 cm³/mol. The fourth-order valence-electron chi connectivity index (χ4n) is 3.63. The summed E-state index contributed by atoms with van der Waals surface area (Å²) in [6.45, 7) is 6.14. The summed E-state index contributed by atoms with van der Waals surface area (Å²) in [6.07, 6.45) is 1.35. The summed E-state index contributed by atoms with van der Waals surface area (Å²) in [5.41, 5.74) is 3.23. The van der Waals surface area contributed by atoms with Crippen LogP contribution >= 0.6 is 23.1 Å². The van der Waals surface area contributed by atoms with Crippen molar-refractivity contribution >= 4 is 50.3 Å². The monoisotopic (exact) mass is 361 g/mol. The molecule has 24 heavy (non-hydrogen) atoms. The molecule has 0 radical (unpaired) electrons. The van der Waals surface area contributed by atoms with Gasteiger partial charge in [0.25, 0.3) is 0 Å². The summed E-state index contributed by atoms with van der Waals surface area (Å²) in [4.78, 5) is 31.0. The first-order valence-electron chi connectivity index (χ1n) is 8.02. The second-order valence-corrected chi connectivity index (χ2v) is 9.23. The van der Waals surface area contributed by atoms with Gasteiger partial charge < -0.3 is 10.2 Å². The summed E-state index contributed by atoms with van der Waals surface area (Å²) in [7, 11) is 0. The van der Waals surface area contributed by atoms with Crippen molar-refractivity contribution < 1.29 is 9.59 Å². The van der Waals surface area contributed by atoms with E-state index in [0.29, 0.717) is 17.3 Å². The third-order valence-electron chi connectivity index (χ3n) is 4.81. The first-order chi connectivity index (χ1) is 11.4. The van der Waals surface area contributed by atoms with Crippen LogP contribution in [0.4, 0.5) is 5.13 Å². The van der Waals surface area contributed by atoms with Crippen molar-refractivity contribution in [1.82, 2.24) is 9.88 Å². The Morgan fingerprint density at radius 2 is 2.21 bits per heavy atom. The molecule has 2 aliphatic heterocycles. The lowest BCUT2D eigenvalue weighted by Crippen LogP contribution is -2.48. The maximum absolute atomic E-state index is 12.7. The molecule has 2 aromatic rings. The minimum atomic E-state index is -0.398. The van der Waals surface area contributed by atoms with Crippen molar-refractivity contribution in [3.8, 4) is 0 Å². The number of hydrogen-bond acceptors (Lipinski definition) is 5. The number of nitrogens with zero attached hydrogens (tertiary/aromatic N) is 2. The van der Waals surface area contributed by atoms with Crippen molar-refractivity contribution in [2.45, 2.75) is 44.5 Å². The second kappa shape index (κ2) is 5.46. The minimum absolute atomic E-state index is 0.0819. The molecule has 0 aliphatic carbocycles. The summed E-state index contributed by atoms with van der Waals surface area (Å²) >= 11 is 3.19. The van der Waals surface area contributed by atoms with Crippen LogP contribution in [0.15, 0.2) is 12.1 Å². The average molecular weight is 361 g/mol. The Kier molecular flexibility index (Phi) is 3.61. The van der Waals surface area contributed by atoms with E-state index in [1.807, 2.05) is 6.92 Å². The van der Waals surface area contributed by atoms with Gasteiger partial charge in [0.2, 0.25) is 11.8 Å². The number of aryl methyl sites for hydroxylation is 2. The number of amides is 2. The van der Waals surface area contributed by atoms with Crippen LogP contribution in [0.2, 0.25) is 0 Å². The quantitative estimate of drug-likeness (QED) is 0.891. The highest BCUT2D eigenvalue weighted by atomic mass is 32.2. The van der Waals surface area contributed by atoms with E-state index in [1.165, 1.54) is 16.9 Å². The van der Waals surface area contributed by atoms with Crippen molar-refractivity contribution in [3.63, 3.8) is 0 Å². The minimum Gasteiger partial charge on any atom is -0.315 e. The molecule has 0 spiro atoms. The SMILES string of the molecule is Cc1cc(C)c2nc(NC(=O)[C@@H]3CS[C@@]4(C)CCC(=O)N34)sc2c1. The lowest BCUT2D eigenvalue weighted by Gasteiger charge is -2.29. The molecule has 2 atom stereocenters. The zero-order chi connectivity index (χ0) is 17.1. The Hall–Kier alpha value is -1.60. The largest absolute Gasteiger partial charge is 0.315 e. The van der Waals surface area contributed by atoms with E-state index in [1.54, 1.807) is 16.7 Å². The molecule has 0 unspecified atom stereocenters. The number of fused-ring (bicyclic) bond motifs is 2. The molecular formula is C17H19N3O2S2. The number of carbonyl (C=O) groups excluding carboxylic acids is 2. The third-order valence-corrected chi connectivity index (χ3v) is 7.23. The molecule has 3 heterocycles. The summed E-state index contributed by atoms with van der Waals surface area (Å²) < 4.78 is 1.07. The van der Waals surface area contributed by atoms with Crippen molar-refractivity contribution in [2.24, 2.45) is 0 Å². The Morgan fingerprint density at radius 1 is 1.42 bits per heavy atom. The maximum atomic E-state index is 12.7. The van der Waals surface area contributed by atoms with Crippen LogP contribution < -0.4 is 5.32 Å². The number of thioether (sulfide) groups is 1. The van der Waals surface area contributed by atoms with Gasteiger partial charge in [0, 0.05) is 12.2 Å². The van der Waals surface area contributed by atoms with Crippen molar-refractivity contribution in [1.29, 1.82) is 0 Å². The Labute approximate surface area is 148 Å². The molecule has 2 fully saturated rings. The first-order valence-corrected chi connectivity index (χ1v) is 9.82. The zero-order valence-corrected chi connectivity index (χ0v) is 15.5. The second-order valence-electron chi connectivity index (χ2n) is 6.70. The molecule has 2 amide bonds. The molecule has 7 heteroatoms. The Balaban J connectivity index is 1.59. The van der Waals surface area contributed by atoms with Crippen LogP contribution in [0.1, 0.15) is 30.9 Å². The van der Waals surface area contributed by atoms with Crippen LogP contribution in [0.3, 0.4) is 0 Å². The molecule has 2 saturated heterocycles. The van der Waals surface area contributed by atoms with E-state index in [4.69, 9.17) is 0 Å². The average Bonchev–Trinajstić information content (AvgIpc) is 3.13. The summed E-state index contributed by atoms with van der Waals surface area (Å²) in [5.74, 6) is 0.602. The molecule has 1 aromatic heterocycles. The van der Waals surface area contributed by atoms with Crippen LogP contribution in [0.5, 0.6) is 0 Å². The molecule has 1 aromatic carbocycles. The topological polar surface area (TPSA) is 62.3 Å². The molecule has 0 bridgehead atoms. The van der Waals surface area contributed by atoms with Gasteiger partial charge in [-0.2, -0.15) is 0 Å². The van der Waals surface area contributed by atoms with E-state index in [9.17, 15) is 9.59 Å². The standard InChI is InChI=1S/C17H19N3O2S2/c1-9-6-10(2)14-12(7-9)24-16(18-14)19-15(22)11-8-23-17(3)5-4-13(21)20(11)17/h6-7,11H,4-5,8H2,1-3H3,(H,18,19,22)/t11-,17-/m0/s1. The maximum Gasteiger partial charge on any atom is 0.249 e. The highest BCUT2D eigenvalue weighted by Gasteiger charge is 2.52. The smallest absolute Gasteiger partial charge is 0.249 e. The zero-order valence-electron chi connectivity index (χ0n) is 13.9. The van der Waals surface area contributed by atoms with Gasteiger partial charge >= 0.3 is 0 Å². The van der Waals surface area contributed by atoms with Crippen LogP contribution in [0.25, 0.3) is 10.2 Å². The lowest BCUT2D eigenvalue weighted by atomic mass is 10.1. The first kappa shape index (κ1) is 15.9. The normalized spacial score (nSPS) is 26.2. The van der Waals surface area contributed by atoms with Gasteiger partial charge in [-0.1, -0.05) is 17.4 Å². The van der Waals surface area contributed by atoms with E-state index in [0.717, 1.165) is 22.2 Å². The highest BCUT2D eigenvalue weighted by molar-refractivity contribution is 8.01. The molecule has 5 nitrogen and oxygen atoms in total. The van der Waals surface area contributed by atoms with Crippen molar-refractivity contribution in [3.05, 3.63) is 23.3 Å². The molecule has 4 rings (SSSR count). The lowest BCUT2D eigenvalue weighted by molar-refractivity contribution is -0.135. The highest BCUT2D eigenvalue weighted by Crippen LogP contribution is 2.47. The molecular weight excluding hydrogens is 342 g/mol. The van der Waals surface area contributed by atoms with Gasteiger partial charge in [-0.3, -0.25) is 9.59 Å². The molecule has 2 aliphatic rings. The van der Waals surface area contributed by atoms with E-state index in [-0.39, 0.29) is 16.7 Å². The fourth-order valence-corrected chi connectivity index (χ4v) is 6.10. The number of thiazole rings is 1. The van der Waals surface area contributed by atoms with Gasteiger partial charge in [-0.15, -0.1) is 11.8 Å². The predicted octanol–water partition coefficient (Wildman–Crippen LogP) is 3.31. The summed E-state index contributed by atoms with van der Waals surface area (Å²) in [5, 5.41) is 3.54. The number of benzene rings is 1. The van der Waals surface area contributed by atoms with Crippen molar-refractivity contribution in [2.75, 3.05) is 11.1 Å². The number of hydrogen-bond donors (Lipinski definition) is 1. The third kappa shape index (κ3) is 2.41. The summed E-state index contributed by atoms with van der Waals surface area (Å²) in [6, 6.07) is 3.78. The van der Waals surface area contributed by atoms with Gasteiger partial charge in [-0.05, 0) is 44.4 Å². The number of rotatable bonds is 2. The number of carbonyl (C=O) groups is 2. The van der Waals surface area contributed by atoms with Gasteiger partial charge in [0.05, 0.1) is 15.1 Å². The fraction of sp³-hybridized carbons (Fsp3) is 0.471. The molecule has 126 valence electrons. The van der Waals surface area contributed by atoms with Crippen LogP contribution in [0, 0.1) is 13.8 Å². The number of nitrogens with one attached hydrogen (secondary N) is 1. The van der Waals surface area contributed by atoms with E-state index < -0.39 is 6.04 Å². The van der Waals surface area contributed by atoms with E-state index >= 15 is 0 Å². The molecule has 0 saturated carbocycles. The van der Waals surface area contributed by atoms with E-state index in [2.05, 4.69) is 36.3 Å². The van der Waals surface area contributed by atoms with Gasteiger partial charge in [-0.25, -0.2) is 4.98 Å². The van der Waals surface area contributed by atoms with Crippen LogP contribution in [-0.4, -0.2) is 38.4 Å². The number of aromatic nitrogens is 1. The van der Waals surface area contributed by atoms with Gasteiger partial charge in [0.1, 0.15) is 6.04 Å². The van der Waals surface area contributed by atoms with Gasteiger partial charge in [0.15, 0.2) is 5.13 Å². The molecule has 1 N–H and O–H groups in total.